The van der Waals surface area contributed by atoms with E-state index >= 15 is 0 Å². The highest BCUT2D eigenvalue weighted by molar-refractivity contribution is 5.89. The molecule has 0 bridgehead atoms. The maximum Gasteiger partial charge on any atom is 0.242 e. The minimum Gasteiger partial charge on any atom is -0.379 e. The van der Waals surface area contributed by atoms with Crippen LogP contribution in [0.1, 0.15) is 65.9 Å². The monoisotopic (exact) mass is 743 g/mol. The Hall–Kier alpha value is -3.59. The highest BCUT2D eigenvalue weighted by atomic mass is 16.5. The van der Waals surface area contributed by atoms with Gasteiger partial charge in [0, 0.05) is 60.4 Å². The van der Waals surface area contributed by atoms with Crippen LogP contribution in [-0.2, 0) is 39.9 Å². The van der Waals surface area contributed by atoms with Gasteiger partial charge in [0.2, 0.25) is 29.5 Å². The Bertz CT molecular complexity index is 1340. The normalized spacial score (nSPS) is 20.5. The van der Waals surface area contributed by atoms with Gasteiger partial charge in [0.1, 0.15) is 6.04 Å². The van der Waals surface area contributed by atoms with Gasteiger partial charge in [0.15, 0.2) is 0 Å². The molecule has 298 valence electrons. The summed E-state index contributed by atoms with van der Waals surface area (Å²) in [5.74, 6) is -2.24. The number of ether oxygens (including phenoxy) is 2. The molecule has 14 nitrogen and oxygen atoms in total. The van der Waals surface area contributed by atoms with Crippen molar-refractivity contribution in [1.29, 1.82) is 0 Å². The quantitative estimate of drug-likeness (QED) is 0.153. The number of carbonyl (C=O) groups excluding carboxylic acids is 5. The molecule has 2 heterocycles. The van der Waals surface area contributed by atoms with Crippen molar-refractivity contribution in [1.82, 2.24) is 30.7 Å². The van der Waals surface area contributed by atoms with Gasteiger partial charge >= 0.3 is 0 Å². The van der Waals surface area contributed by atoms with Gasteiger partial charge in [0.25, 0.3) is 0 Å². The van der Waals surface area contributed by atoms with Crippen molar-refractivity contribution < 1.29 is 33.4 Å². The smallest absolute Gasteiger partial charge is 0.242 e. The fourth-order valence-corrected chi connectivity index (χ4v) is 7.94. The van der Waals surface area contributed by atoms with Crippen molar-refractivity contribution in [2.45, 2.75) is 103 Å². The molecule has 1 aromatic carbocycles. The van der Waals surface area contributed by atoms with Crippen LogP contribution in [0.25, 0.3) is 0 Å². The number of nitrogens with one attached hydrogen (secondary N) is 3. The molecule has 5 amide bonds. The topological polar surface area (TPSA) is 176 Å². The molecule has 2 fully saturated rings. The van der Waals surface area contributed by atoms with Gasteiger partial charge in [-0.1, -0.05) is 71.4 Å². The van der Waals surface area contributed by atoms with Crippen LogP contribution in [0.5, 0.6) is 0 Å². The summed E-state index contributed by atoms with van der Waals surface area (Å²) < 4.78 is 11.8. The van der Waals surface area contributed by atoms with Gasteiger partial charge in [-0.15, -0.1) is 0 Å². The molecule has 2 saturated heterocycles. The van der Waals surface area contributed by atoms with Gasteiger partial charge < -0.3 is 41.0 Å². The average molecular weight is 744 g/mol. The van der Waals surface area contributed by atoms with E-state index in [4.69, 9.17) is 15.2 Å². The maximum atomic E-state index is 14.1. The first-order chi connectivity index (χ1) is 25.2. The molecular formula is C39H65N7O7. The molecular weight excluding hydrogens is 678 g/mol. The molecule has 0 spiro atoms. The van der Waals surface area contributed by atoms with Crippen LogP contribution in [-0.4, -0.2) is 141 Å². The summed E-state index contributed by atoms with van der Waals surface area (Å²) in [6, 6.07) is 7.28. The Morgan fingerprint density at radius 1 is 0.981 bits per heavy atom. The number of carbonyl (C=O) groups is 5. The van der Waals surface area contributed by atoms with E-state index in [1.807, 2.05) is 58.0 Å². The van der Waals surface area contributed by atoms with Crippen molar-refractivity contribution in [2.75, 3.05) is 60.5 Å². The van der Waals surface area contributed by atoms with Crippen molar-refractivity contribution in [2.24, 2.45) is 23.5 Å². The molecule has 53 heavy (non-hydrogen) atoms. The number of hydrogen-bond donors (Lipinski definition) is 4. The molecule has 0 aromatic heterocycles. The number of methoxy groups -OCH3 is 2. The molecule has 8 atom stereocenters. The van der Waals surface area contributed by atoms with Gasteiger partial charge in [-0.05, 0) is 30.2 Å². The zero-order valence-corrected chi connectivity index (χ0v) is 33.1. The van der Waals surface area contributed by atoms with E-state index in [1.165, 1.54) is 7.11 Å². The number of nitrogens with zero attached hydrogens (tertiary/aromatic N) is 3. The van der Waals surface area contributed by atoms with Crippen molar-refractivity contribution in [3.8, 4) is 0 Å². The molecule has 2 unspecified atom stereocenters. The second kappa shape index (κ2) is 21.3. The fraction of sp³-hybridized carbons (Fsp3) is 0.718. The van der Waals surface area contributed by atoms with Crippen LogP contribution < -0.4 is 21.7 Å². The third-order valence-corrected chi connectivity index (χ3v) is 11.1. The summed E-state index contributed by atoms with van der Waals surface area (Å²) in [6.07, 6.45) is 1.13. The zero-order valence-electron chi connectivity index (χ0n) is 33.1. The number of likely N-dealkylation sites (tertiary alicyclic amines) is 1. The predicted molar refractivity (Wildman–Crippen MR) is 203 cm³/mol. The molecule has 1 aromatic rings. The third kappa shape index (κ3) is 12.0. The van der Waals surface area contributed by atoms with Crippen LogP contribution in [0, 0.1) is 17.8 Å². The second-order valence-electron chi connectivity index (χ2n) is 15.0. The first-order valence-electron chi connectivity index (χ1n) is 19.2. The lowest BCUT2D eigenvalue weighted by Crippen LogP contribution is -2.57. The van der Waals surface area contributed by atoms with Gasteiger partial charge in [-0.25, -0.2) is 0 Å². The van der Waals surface area contributed by atoms with Crippen LogP contribution in [0.4, 0.5) is 0 Å². The third-order valence-electron chi connectivity index (χ3n) is 11.1. The number of rotatable bonds is 20. The number of hydrogen-bond acceptors (Lipinski definition) is 9. The number of benzene rings is 1. The highest BCUT2D eigenvalue weighted by Crippen LogP contribution is 2.29. The minimum atomic E-state index is -0.900. The van der Waals surface area contributed by atoms with Gasteiger partial charge in [0.05, 0.1) is 49.2 Å². The lowest BCUT2D eigenvalue weighted by molar-refractivity contribution is -0.146. The van der Waals surface area contributed by atoms with E-state index < -0.39 is 36.1 Å². The number of amides is 5. The molecule has 0 aliphatic carbocycles. The largest absolute Gasteiger partial charge is 0.379 e. The lowest BCUT2D eigenvalue weighted by Gasteiger charge is -2.39. The molecule has 14 heteroatoms. The van der Waals surface area contributed by atoms with E-state index in [9.17, 15) is 24.0 Å². The summed E-state index contributed by atoms with van der Waals surface area (Å²) in [5, 5.41) is 9.01. The number of primary amides is 1. The van der Waals surface area contributed by atoms with Crippen LogP contribution in [0.15, 0.2) is 30.3 Å². The van der Waals surface area contributed by atoms with E-state index in [1.54, 1.807) is 30.9 Å². The Morgan fingerprint density at radius 2 is 1.64 bits per heavy atom. The van der Waals surface area contributed by atoms with E-state index in [0.29, 0.717) is 13.0 Å². The summed E-state index contributed by atoms with van der Waals surface area (Å²) in [4.78, 5) is 72.4. The standard InChI is InChI=1S/C39H65N7O7/c1-9-26(4)35(44(6)33(48)24-42-39(51)34(25(2)3)45-20-17-41-18-21-45)31(52-7)23-32(47)46-19-13-16-30(46)36(53-8)27(5)38(50)43-29(37(40)49)22-28-14-11-10-12-15-28/h10-12,14-15,25-27,29-31,34-36,41H,9,13,16-24H2,1-8H3,(H2,40,49)(H,42,51)(H,43,50)/t26-,27?,29-,30-,31?,34-,35-,36+/m0/s1. The SMILES string of the molecule is CC[C@H](C)[C@@H](C(CC(=O)N1CCC[C@H]1[C@H](OC)C(C)C(=O)N[C@@H](Cc1ccccc1)C(N)=O)OC)N(C)C(=O)CNC(=O)[C@H](C(C)C)N1CCNCC1. The molecule has 3 rings (SSSR count). The number of piperazine rings is 1. The summed E-state index contributed by atoms with van der Waals surface area (Å²) in [7, 11) is 4.77. The number of likely N-dealkylation sites (N-methyl/N-ethyl adjacent to an activating group) is 1. The minimum absolute atomic E-state index is 0.0134. The highest BCUT2D eigenvalue weighted by Gasteiger charge is 2.42. The van der Waals surface area contributed by atoms with E-state index in [2.05, 4.69) is 20.9 Å². The predicted octanol–water partition coefficient (Wildman–Crippen LogP) is 1.17. The van der Waals surface area contributed by atoms with Crippen molar-refractivity contribution >= 4 is 29.5 Å². The van der Waals surface area contributed by atoms with Crippen LogP contribution in [0.2, 0.25) is 0 Å². The Labute approximate surface area is 316 Å². The second-order valence-corrected chi connectivity index (χ2v) is 15.0. The maximum absolute atomic E-state index is 14.1. The van der Waals surface area contributed by atoms with E-state index in [0.717, 1.165) is 44.6 Å². The van der Waals surface area contributed by atoms with Crippen molar-refractivity contribution in [3.63, 3.8) is 0 Å². The average Bonchev–Trinajstić information content (AvgIpc) is 3.63. The lowest BCUT2D eigenvalue weighted by atomic mass is 9.90. The van der Waals surface area contributed by atoms with Gasteiger partial charge in [-0.2, -0.15) is 0 Å². The summed E-state index contributed by atoms with van der Waals surface area (Å²) in [6.45, 7) is 13.3. The molecule has 0 saturated carbocycles. The first kappa shape index (κ1) is 43.8. The molecule has 5 N–H and O–H groups in total. The fourth-order valence-electron chi connectivity index (χ4n) is 7.94. The summed E-state index contributed by atoms with van der Waals surface area (Å²) >= 11 is 0. The molecule has 0 radical (unpaired) electrons. The Morgan fingerprint density at radius 3 is 2.21 bits per heavy atom. The Balaban J connectivity index is 1.69. The van der Waals surface area contributed by atoms with Crippen LogP contribution >= 0.6 is 0 Å². The van der Waals surface area contributed by atoms with E-state index in [-0.39, 0.29) is 66.9 Å². The Kier molecular flexibility index (Phi) is 17.6. The zero-order chi connectivity index (χ0) is 39.2. The van der Waals surface area contributed by atoms with Crippen LogP contribution in [0.3, 0.4) is 0 Å². The summed E-state index contributed by atoms with van der Waals surface area (Å²) in [5.41, 5.74) is 6.53. The van der Waals surface area contributed by atoms with Gasteiger partial charge in [-0.3, -0.25) is 28.9 Å². The molecule has 2 aliphatic heterocycles. The van der Waals surface area contributed by atoms with Crippen molar-refractivity contribution in [3.05, 3.63) is 35.9 Å². The molecule has 2 aliphatic rings. The number of nitrogens with two attached hydrogens (primary N) is 1. The first-order valence-corrected chi connectivity index (χ1v) is 19.2.